The van der Waals surface area contributed by atoms with Gasteiger partial charge in [-0.15, -0.1) is 0 Å². The summed E-state index contributed by atoms with van der Waals surface area (Å²) in [6.45, 7) is 0.139. The second-order valence-electron chi connectivity index (χ2n) is 8.18. The number of aromatic nitrogens is 1. The van der Waals surface area contributed by atoms with Crippen molar-refractivity contribution in [1.29, 1.82) is 5.26 Å². The van der Waals surface area contributed by atoms with Gasteiger partial charge in [0, 0.05) is 24.4 Å². The van der Waals surface area contributed by atoms with Crippen LogP contribution in [0.15, 0.2) is 47.5 Å². The van der Waals surface area contributed by atoms with E-state index in [1.807, 2.05) is 0 Å². The third-order valence-corrected chi connectivity index (χ3v) is 6.93. The Balaban J connectivity index is 1.65. The number of pyridine rings is 1. The fraction of sp³-hybridized carbons (Fsp3) is 0.250. The zero-order valence-electron chi connectivity index (χ0n) is 18.6. The highest BCUT2D eigenvalue weighted by atomic mass is 32.2. The highest BCUT2D eigenvalue weighted by molar-refractivity contribution is 7.90. The molecule has 2 amide bonds. The molecule has 1 N–H and O–H groups in total. The molecule has 1 saturated heterocycles. The first-order valence-corrected chi connectivity index (χ1v) is 12.5. The van der Waals surface area contributed by atoms with Gasteiger partial charge in [-0.2, -0.15) is 5.26 Å². The van der Waals surface area contributed by atoms with Crippen molar-refractivity contribution in [3.8, 4) is 17.2 Å². The number of fused-ring (bicyclic) bond motifs is 1. The normalized spacial score (nSPS) is 15.7. The monoisotopic (exact) mass is 498 g/mol. The summed E-state index contributed by atoms with van der Waals surface area (Å²) >= 11 is 0. The SMILES string of the molecule is CS(=O)(=O)c1cc(F)c(-c2ccc3nccc(C(=O)NCC(=O)N4CCC[C@H]4C#N)c3c2)c(F)c1. The molecule has 0 saturated carbocycles. The lowest BCUT2D eigenvalue weighted by Gasteiger charge is -2.19. The van der Waals surface area contributed by atoms with Crippen molar-refractivity contribution in [2.45, 2.75) is 23.8 Å². The zero-order chi connectivity index (χ0) is 25.3. The number of rotatable bonds is 5. The highest BCUT2D eigenvalue weighted by Crippen LogP contribution is 2.31. The summed E-state index contributed by atoms with van der Waals surface area (Å²) in [5.41, 5.74) is 0.155. The van der Waals surface area contributed by atoms with E-state index in [0.29, 0.717) is 24.9 Å². The lowest BCUT2D eigenvalue weighted by molar-refractivity contribution is -0.130. The molecule has 2 aromatic carbocycles. The average molecular weight is 499 g/mol. The predicted molar refractivity (Wildman–Crippen MR) is 123 cm³/mol. The van der Waals surface area contributed by atoms with Gasteiger partial charge in [-0.3, -0.25) is 14.6 Å². The van der Waals surface area contributed by atoms with E-state index in [0.717, 1.165) is 18.4 Å². The molecular weight excluding hydrogens is 478 g/mol. The summed E-state index contributed by atoms with van der Waals surface area (Å²) in [5, 5.41) is 12.0. The van der Waals surface area contributed by atoms with Crippen molar-refractivity contribution in [2.24, 2.45) is 0 Å². The molecule has 8 nitrogen and oxygen atoms in total. The van der Waals surface area contributed by atoms with Crippen LogP contribution in [0.1, 0.15) is 23.2 Å². The first kappa shape index (κ1) is 24.2. The second-order valence-corrected chi connectivity index (χ2v) is 10.2. The van der Waals surface area contributed by atoms with Gasteiger partial charge < -0.3 is 10.2 Å². The van der Waals surface area contributed by atoms with Crippen LogP contribution in [0.3, 0.4) is 0 Å². The van der Waals surface area contributed by atoms with Gasteiger partial charge in [0.25, 0.3) is 5.91 Å². The van der Waals surface area contributed by atoms with E-state index in [-0.39, 0.29) is 29.0 Å². The molecule has 2 heterocycles. The maximum absolute atomic E-state index is 14.7. The number of likely N-dealkylation sites (tertiary alicyclic amines) is 1. The summed E-state index contributed by atoms with van der Waals surface area (Å²) in [5.74, 6) is -3.11. The first-order valence-electron chi connectivity index (χ1n) is 10.7. The number of nitriles is 1. The number of hydrogen-bond donors (Lipinski definition) is 1. The average Bonchev–Trinajstić information content (AvgIpc) is 3.30. The van der Waals surface area contributed by atoms with Crippen molar-refractivity contribution in [3.05, 3.63) is 59.8 Å². The lowest BCUT2D eigenvalue weighted by atomic mass is 9.99. The molecule has 35 heavy (non-hydrogen) atoms. The Morgan fingerprint density at radius 1 is 1.20 bits per heavy atom. The van der Waals surface area contributed by atoms with E-state index >= 15 is 0 Å². The lowest BCUT2D eigenvalue weighted by Crippen LogP contribution is -2.42. The maximum Gasteiger partial charge on any atom is 0.252 e. The van der Waals surface area contributed by atoms with Crippen LogP contribution >= 0.6 is 0 Å². The minimum Gasteiger partial charge on any atom is -0.343 e. The van der Waals surface area contributed by atoms with Crippen molar-refractivity contribution in [3.63, 3.8) is 0 Å². The molecule has 1 aromatic heterocycles. The van der Waals surface area contributed by atoms with E-state index in [1.54, 1.807) is 0 Å². The Labute approximate surface area is 200 Å². The number of hydrogen-bond acceptors (Lipinski definition) is 6. The molecule has 180 valence electrons. The fourth-order valence-electron chi connectivity index (χ4n) is 4.09. The van der Waals surface area contributed by atoms with Crippen molar-refractivity contribution in [1.82, 2.24) is 15.2 Å². The summed E-state index contributed by atoms with van der Waals surface area (Å²) in [6, 6.07) is 8.74. The Bertz CT molecular complexity index is 1480. The Morgan fingerprint density at radius 2 is 1.91 bits per heavy atom. The van der Waals surface area contributed by atoms with Crippen LogP contribution in [-0.2, 0) is 14.6 Å². The molecule has 11 heteroatoms. The summed E-state index contributed by atoms with van der Waals surface area (Å²) in [7, 11) is -3.82. The minimum absolute atomic E-state index is 0.0830. The summed E-state index contributed by atoms with van der Waals surface area (Å²) in [4.78, 5) is 30.4. The van der Waals surface area contributed by atoms with Crippen LogP contribution in [0.4, 0.5) is 8.78 Å². The van der Waals surface area contributed by atoms with E-state index in [4.69, 9.17) is 5.26 Å². The number of nitrogens with one attached hydrogen (secondary N) is 1. The van der Waals surface area contributed by atoms with Crippen LogP contribution in [0.5, 0.6) is 0 Å². The van der Waals surface area contributed by atoms with Crippen LogP contribution < -0.4 is 5.32 Å². The van der Waals surface area contributed by atoms with Gasteiger partial charge in [-0.25, -0.2) is 17.2 Å². The highest BCUT2D eigenvalue weighted by Gasteiger charge is 2.28. The smallest absolute Gasteiger partial charge is 0.252 e. The standard InChI is InChI=1S/C24H20F2N4O4S/c1-35(33,34)16-10-19(25)23(20(26)11-16)14-4-5-21-18(9-14)17(6-7-28-21)24(32)29-13-22(31)30-8-2-3-15(30)12-27/h4-7,9-11,15H,2-3,8,13H2,1H3,(H,29,32)/t15-/m0/s1. The van der Waals surface area contributed by atoms with Gasteiger partial charge in [0.1, 0.15) is 17.7 Å². The molecule has 0 aliphatic carbocycles. The molecule has 0 bridgehead atoms. The molecule has 3 aromatic rings. The third-order valence-electron chi connectivity index (χ3n) is 5.84. The van der Waals surface area contributed by atoms with Crippen molar-refractivity contribution < 1.29 is 26.8 Å². The number of carbonyl (C=O) groups is 2. The molecule has 1 aliphatic rings. The molecule has 1 aliphatic heterocycles. The molecule has 0 radical (unpaired) electrons. The molecule has 1 atom stereocenters. The predicted octanol–water partition coefficient (Wildman–Crippen LogP) is 2.83. The molecule has 1 fully saturated rings. The number of carbonyl (C=O) groups excluding carboxylic acids is 2. The van der Waals surface area contributed by atoms with Crippen LogP contribution in [0.25, 0.3) is 22.0 Å². The van der Waals surface area contributed by atoms with Gasteiger partial charge >= 0.3 is 0 Å². The quantitative estimate of drug-likeness (QED) is 0.578. The number of sulfone groups is 1. The minimum atomic E-state index is -3.82. The summed E-state index contributed by atoms with van der Waals surface area (Å²) < 4.78 is 52.8. The molecule has 0 spiro atoms. The zero-order valence-corrected chi connectivity index (χ0v) is 19.4. The van der Waals surface area contributed by atoms with E-state index in [9.17, 15) is 26.8 Å². The van der Waals surface area contributed by atoms with E-state index in [2.05, 4.69) is 16.4 Å². The third kappa shape index (κ3) is 4.83. The largest absolute Gasteiger partial charge is 0.343 e. The number of amides is 2. The van der Waals surface area contributed by atoms with Crippen LogP contribution in [0, 0.1) is 23.0 Å². The fourth-order valence-corrected chi connectivity index (χ4v) is 4.73. The Kier molecular flexibility index (Phi) is 6.49. The maximum atomic E-state index is 14.7. The van der Waals surface area contributed by atoms with Crippen LogP contribution in [0.2, 0.25) is 0 Å². The topological polar surface area (TPSA) is 120 Å². The molecule has 4 rings (SSSR count). The molecular formula is C24H20F2N4O4S. The van der Waals surface area contributed by atoms with Gasteiger partial charge in [-0.05, 0) is 48.7 Å². The number of benzene rings is 2. The summed E-state index contributed by atoms with van der Waals surface area (Å²) in [6.07, 6.45) is 3.55. The first-order chi connectivity index (χ1) is 16.6. The van der Waals surface area contributed by atoms with Gasteiger partial charge in [0.15, 0.2) is 9.84 Å². The Morgan fingerprint density at radius 3 is 2.57 bits per heavy atom. The Hall–Kier alpha value is -3.91. The number of halogens is 2. The van der Waals surface area contributed by atoms with Crippen molar-refractivity contribution in [2.75, 3.05) is 19.3 Å². The van der Waals surface area contributed by atoms with E-state index in [1.165, 1.54) is 35.4 Å². The van der Waals surface area contributed by atoms with Gasteiger partial charge in [-0.1, -0.05) is 6.07 Å². The van der Waals surface area contributed by atoms with E-state index < -0.39 is 43.9 Å². The van der Waals surface area contributed by atoms with Gasteiger partial charge in [0.05, 0.1) is 34.2 Å². The molecule has 0 unspecified atom stereocenters. The second kappa shape index (κ2) is 9.38. The van der Waals surface area contributed by atoms with Gasteiger partial charge in [0.2, 0.25) is 5.91 Å². The van der Waals surface area contributed by atoms with Crippen LogP contribution in [-0.4, -0.2) is 55.5 Å². The van der Waals surface area contributed by atoms with Crippen molar-refractivity contribution >= 4 is 32.6 Å². The number of nitrogens with zero attached hydrogens (tertiary/aromatic N) is 3.